The largest absolute Gasteiger partial charge is 0.466 e. The molecule has 0 N–H and O–H groups in total. The summed E-state index contributed by atoms with van der Waals surface area (Å²) < 4.78 is 11.8. The van der Waals surface area contributed by atoms with Crippen molar-refractivity contribution in [2.75, 3.05) is 6.61 Å². The molecule has 0 aliphatic heterocycles. The van der Waals surface area contributed by atoms with Gasteiger partial charge in [-0.2, -0.15) is 0 Å². The first kappa shape index (κ1) is 19.3. The SMILES string of the molecule is [2H]CCOC(=O)CCCCCCC/C=C\CCCCCCCC. The predicted octanol–water partition coefficient (Wildman–Crippen LogP) is 6.59. The molecule has 22 heavy (non-hydrogen) atoms. The van der Waals surface area contributed by atoms with Gasteiger partial charge in [0.15, 0.2) is 0 Å². The fraction of sp³-hybridized carbons (Fsp3) is 0.850. The van der Waals surface area contributed by atoms with Gasteiger partial charge in [0.1, 0.15) is 0 Å². The summed E-state index contributed by atoms with van der Waals surface area (Å²) in [5.74, 6) is -0.144. The number of carbonyl (C=O) groups excluding carboxylic acids is 1. The number of hydrogen-bond donors (Lipinski definition) is 0. The van der Waals surface area contributed by atoms with Crippen molar-refractivity contribution in [1.82, 2.24) is 0 Å². The number of allylic oxidation sites excluding steroid dienone is 2. The van der Waals surface area contributed by atoms with Crippen molar-refractivity contribution in [1.29, 1.82) is 0 Å². The Kier molecular flexibility index (Phi) is 16.0. The monoisotopic (exact) mass is 311 g/mol. The maximum absolute atomic E-state index is 11.2. The molecular formula is C20H38O2. The van der Waals surface area contributed by atoms with Crippen LogP contribution in [0.4, 0.5) is 0 Å². The Labute approximate surface area is 140 Å². The highest BCUT2D eigenvalue weighted by Crippen LogP contribution is 2.10. The van der Waals surface area contributed by atoms with Crippen LogP contribution in [0.15, 0.2) is 12.2 Å². The quantitative estimate of drug-likeness (QED) is 0.183. The van der Waals surface area contributed by atoms with Crippen LogP contribution < -0.4 is 0 Å². The van der Waals surface area contributed by atoms with Gasteiger partial charge in [-0.1, -0.05) is 70.4 Å². The molecule has 2 heteroatoms. The van der Waals surface area contributed by atoms with Gasteiger partial charge >= 0.3 is 5.97 Å². The highest BCUT2D eigenvalue weighted by atomic mass is 16.5. The van der Waals surface area contributed by atoms with Gasteiger partial charge in [-0.3, -0.25) is 4.79 Å². The van der Waals surface area contributed by atoms with Crippen molar-refractivity contribution in [3.8, 4) is 0 Å². The molecule has 0 saturated heterocycles. The lowest BCUT2D eigenvalue weighted by Gasteiger charge is -2.01. The third-order valence-corrected chi connectivity index (χ3v) is 3.91. The summed E-state index contributed by atoms with van der Waals surface area (Å²) in [6.45, 7) is 2.67. The van der Waals surface area contributed by atoms with Crippen LogP contribution in [0.1, 0.15) is 105 Å². The van der Waals surface area contributed by atoms with Crippen LogP contribution >= 0.6 is 0 Å². The Morgan fingerprint density at radius 3 is 2.00 bits per heavy atom. The summed E-state index contributed by atoms with van der Waals surface area (Å²) in [4.78, 5) is 11.2. The van der Waals surface area contributed by atoms with Crippen LogP contribution in [0.3, 0.4) is 0 Å². The second-order valence-corrected chi connectivity index (χ2v) is 6.05. The molecule has 0 radical (unpaired) electrons. The van der Waals surface area contributed by atoms with Crippen molar-refractivity contribution < 1.29 is 10.9 Å². The molecule has 2 nitrogen and oxygen atoms in total. The molecule has 0 heterocycles. The van der Waals surface area contributed by atoms with E-state index in [1.165, 1.54) is 70.6 Å². The van der Waals surface area contributed by atoms with Gasteiger partial charge in [-0.05, 0) is 39.0 Å². The maximum atomic E-state index is 11.2. The summed E-state index contributed by atoms with van der Waals surface area (Å²) in [7, 11) is 0. The standard InChI is InChI=1S/C20H38O2/c1-3-5-6-7-8-9-10-11-12-13-14-15-16-17-18-19-20(21)22-4-2/h11-12H,3-10,13-19H2,1-2H3/b12-11-/i2D. The number of carbonyl (C=O) groups is 1. The van der Waals surface area contributed by atoms with Gasteiger partial charge in [-0.25, -0.2) is 0 Å². The minimum atomic E-state index is -0.144. The van der Waals surface area contributed by atoms with Crippen LogP contribution in [0.2, 0.25) is 0 Å². The molecule has 0 aromatic rings. The lowest BCUT2D eigenvalue weighted by molar-refractivity contribution is -0.143. The molecule has 0 rings (SSSR count). The minimum Gasteiger partial charge on any atom is -0.466 e. The maximum Gasteiger partial charge on any atom is 0.305 e. The van der Waals surface area contributed by atoms with Gasteiger partial charge in [0.05, 0.1) is 6.61 Å². The number of unbranched alkanes of at least 4 members (excludes halogenated alkanes) is 11. The van der Waals surface area contributed by atoms with E-state index in [4.69, 9.17) is 6.11 Å². The van der Waals surface area contributed by atoms with Crippen LogP contribution in [0, 0.1) is 0 Å². The van der Waals surface area contributed by atoms with E-state index in [0.717, 1.165) is 12.8 Å². The zero-order chi connectivity index (χ0) is 17.0. The smallest absolute Gasteiger partial charge is 0.305 e. The summed E-state index contributed by atoms with van der Waals surface area (Å²) in [5, 5.41) is 0. The van der Waals surface area contributed by atoms with Crippen molar-refractivity contribution >= 4 is 5.97 Å². The van der Waals surface area contributed by atoms with Crippen molar-refractivity contribution in [3.63, 3.8) is 0 Å². The van der Waals surface area contributed by atoms with E-state index >= 15 is 0 Å². The highest BCUT2D eigenvalue weighted by molar-refractivity contribution is 5.69. The molecule has 130 valence electrons. The molecule has 0 aromatic heterocycles. The topological polar surface area (TPSA) is 26.3 Å². The van der Waals surface area contributed by atoms with E-state index in [1.807, 2.05) is 0 Å². The third kappa shape index (κ3) is 17.3. The molecule has 0 aliphatic carbocycles. The Bertz CT molecular complexity index is 277. The first-order valence-corrected chi connectivity index (χ1v) is 9.41. The lowest BCUT2D eigenvalue weighted by atomic mass is 10.1. The van der Waals surface area contributed by atoms with E-state index in [1.54, 1.807) is 0 Å². The van der Waals surface area contributed by atoms with Crippen molar-refractivity contribution in [2.24, 2.45) is 0 Å². The first-order chi connectivity index (χ1) is 11.3. The lowest BCUT2D eigenvalue weighted by Crippen LogP contribution is -2.03. The van der Waals surface area contributed by atoms with Gasteiger partial charge in [-0.15, -0.1) is 0 Å². The second kappa shape index (κ2) is 18.3. The number of hydrogen-bond acceptors (Lipinski definition) is 2. The molecule has 0 amide bonds. The summed E-state index contributed by atoms with van der Waals surface area (Å²) in [6.07, 6.45) is 21.6. The fourth-order valence-corrected chi connectivity index (χ4v) is 2.53. The van der Waals surface area contributed by atoms with E-state index < -0.39 is 0 Å². The molecule has 0 atom stereocenters. The molecule has 0 fully saturated rings. The van der Waals surface area contributed by atoms with Gasteiger partial charge in [0, 0.05) is 7.79 Å². The molecule has 0 spiro atoms. The van der Waals surface area contributed by atoms with Crippen LogP contribution in [-0.2, 0) is 9.53 Å². The Hall–Kier alpha value is -0.790. The summed E-state index contributed by atoms with van der Waals surface area (Å²) in [6, 6.07) is 0. The minimum absolute atomic E-state index is 0.144. The van der Waals surface area contributed by atoms with Crippen molar-refractivity contribution in [3.05, 3.63) is 12.2 Å². The fourth-order valence-electron chi connectivity index (χ4n) is 2.53. The first-order valence-electron chi connectivity index (χ1n) is 10.1. The molecule has 0 unspecified atom stereocenters. The van der Waals surface area contributed by atoms with E-state index in [-0.39, 0.29) is 19.5 Å². The van der Waals surface area contributed by atoms with Crippen LogP contribution in [-0.4, -0.2) is 12.6 Å². The van der Waals surface area contributed by atoms with Crippen LogP contribution in [0.5, 0.6) is 0 Å². The van der Waals surface area contributed by atoms with Crippen LogP contribution in [0.25, 0.3) is 0 Å². The zero-order valence-corrected chi connectivity index (χ0v) is 14.8. The zero-order valence-electron chi connectivity index (χ0n) is 15.8. The molecule has 0 aliphatic rings. The average molecular weight is 312 g/mol. The molecule has 0 aromatic carbocycles. The summed E-state index contributed by atoms with van der Waals surface area (Å²) in [5.41, 5.74) is 0. The van der Waals surface area contributed by atoms with Gasteiger partial charge in [0.2, 0.25) is 0 Å². The Morgan fingerprint density at radius 2 is 1.41 bits per heavy atom. The van der Waals surface area contributed by atoms with E-state index in [0.29, 0.717) is 6.42 Å². The predicted molar refractivity (Wildman–Crippen MR) is 96.1 cm³/mol. The van der Waals surface area contributed by atoms with Crippen molar-refractivity contribution in [2.45, 2.75) is 104 Å². The van der Waals surface area contributed by atoms with E-state index in [9.17, 15) is 4.79 Å². The Balaban J connectivity index is 3.14. The average Bonchev–Trinajstić information content (AvgIpc) is 2.56. The molecule has 0 bridgehead atoms. The normalized spacial score (nSPS) is 11.8. The number of ether oxygens (including phenoxy) is 1. The Morgan fingerprint density at radius 1 is 0.864 bits per heavy atom. The number of rotatable bonds is 16. The summed E-state index contributed by atoms with van der Waals surface area (Å²) >= 11 is 0. The van der Waals surface area contributed by atoms with E-state index in [2.05, 4.69) is 19.1 Å². The molecular weight excluding hydrogens is 272 g/mol. The number of esters is 1. The van der Waals surface area contributed by atoms with Gasteiger partial charge < -0.3 is 4.74 Å². The second-order valence-electron chi connectivity index (χ2n) is 6.05. The van der Waals surface area contributed by atoms with Gasteiger partial charge in [0.25, 0.3) is 0 Å². The molecule has 0 saturated carbocycles. The highest BCUT2D eigenvalue weighted by Gasteiger charge is 2.00. The third-order valence-electron chi connectivity index (χ3n) is 3.91.